The summed E-state index contributed by atoms with van der Waals surface area (Å²) in [5, 5.41) is 0. The van der Waals surface area contributed by atoms with Crippen LogP contribution >= 0.6 is 63.7 Å². The molecule has 4 heteroatoms. The van der Waals surface area contributed by atoms with E-state index in [1.165, 1.54) is 0 Å². The molecule has 1 radical (unpaired) electrons. The van der Waals surface area contributed by atoms with Crippen LogP contribution in [-0.4, -0.2) is 6.97 Å². The molecular weight excluding hydrogens is 404 g/mol. The largest absolute Gasteiger partial charge is 0.106 e. The quantitative estimate of drug-likeness (QED) is 0.588. The van der Waals surface area contributed by atoms with Gasteiger partial charge in [-0.15, -0.1) is 0 Å². The molecule has 0 saturated heterocycles. The topological polar surface area (TPSA) is 0 Å². The van der Waals surface area contributed by atoms with Gasteiger partial charge in [0.05, 0.1) is 3.74 Å². The Morgan fingerprint density at radius 1 is 1.36 bits per heavy atom. The third kappa shape index (κ3) is 2.23. The predicted molar refractivity (Wildman–Crippen MR) is 63.8 cm³/mol. The van der Waals surface area contributed by atoms with Gasteiger partial charge >= 0.3 is 0 Å². The minimum Gasteiger partial charge on any atom is -0.0740 e. The van der Waals surface area contributed by atoms with Gasteiger partial charge in [-0.1, -0.05) is 77.6 Å². The monoisotopic (exact) mass is 409 g/mol. The fraction of sp³-hybridized carbons (Fsp3) is 0.857. The van der Waals surface area contributed by atoms with Crippen molar-refractivity contribution in [3.8, 4) is 0 Å². The Labute approximate surface area is 101 Å². The molecule has 0 bridgehead atoms. The van der Waals surface area contributed by atoms with Gasteiger partial charge in [0.1, 0.15) is 3.23 Å². The van der Waals surface area contributed by atoms with Crippen molar-refractivity contribution in [2.75, 3.05) is 0 Å². The van der Waals surface area contributed by atoms with Crippen molar-refractivity contribution in [2.24, 2.45) is 11.3 Å². The second-order valence-corrected chi connectivity index (χ2v) is 10.2. The van der Waals surface area contributed by atoms with E-state index in [1.807, 2.05) is 0 Å². The van der Waals surface area contributed by atoms with E-state index in [0.717, 1.165) is 0 Å². The summed E-state index contributed by atoms with van der Waals surface area (Å²) in [4.78, 5) is 0. The normalized spacial score (nSPS) is 29.2. The number of alkyl halides is 4. The van der Waals surface area contributed by atoms with Crippen LogP contribution in [0.2, 0.25) is 0 Å². The number of rotatable bonds is 2. The van der Waals surface area contributed by atoms with Crippen LogP contribution in [-0.2, 0) is 0 Å². The van der Waals surface area contributed by atoms with E-state index in [0.29, 0.717) is 11.3 Å². The van der Waals surface area contributed by atoms with Gasteiger partial charge in [-0.05, 0) is 17.8 Å². The molecule has 0 heterocycles. The lowest BCUT2D eigenvalue weighted by atomic mass is 10.1. The van der Waals surface area contributed by atoms with Gasteiger partial charge < -0.3 is 0 Å². The maximum absolute atomic E-state index is 3.64. The SMILES string of the molecule is CC1(C)[CH]C1C(Br)(Br)C(Br)Br. The summed E-state index contributed by atoms with van der Waals surface area (Å²) in [5.41, 5.74) is 0.354. The highest BCUT2D eigenvalue weighted by molar-refractivity contribution is 9.30. The molecule has 1 unspecified atom stereocenters. The fourth-order valence-electron chi connectivity index (χ4n) is 1.12. The van der Waals surface area contributed by atoms with Crippen molar-refractivity contribution in [1.82, 2.24) is 0 Å². The first kappa shape index (κ1) is 11.0. The standard InChI is InChI=1S/C7H9Br4/c1-6(2)3-4(6)7(10,11)5(8)9/h3-5H,1-2H3. The molecule has 0 aromatic carbocycles. The van der Waals surface area contributed by atoms with Crippen LogP contribution < -0.4 is 0 Å². The molecule has 1 aliphatic carbocycles. The second kappa shape index (κ2) is 3.25. The Morgan fingerprint density at radius 3 is 1.82 bits per heavy atom. The van der Waals surface area contributed by atoms with Crippen molar-refractivity contribution in [3.63, 3.8) is 0 Å². The van der Waals surface area contributed by atoms with E-state index < -0.39 is 0 Å². The van der Waals surface area contributed by atoms with Crippen LogP contribution in [0, 0.1) is 17.8 Å². The first-order valence-electron chi connectivity index (χ1n) is 3.30. The van der Waals surface area contributed by atoms with Gasteiger partial charge in [0, 0.05) is 0 Å². The maximum atomic E-state index is 3.64. The maximum Gasteiger partial charge on any atom is 0.106 e. The summed E-state index contributed by atoms with van der Waals surface area (Å²) in [6, 6.07) is 0. The van der Waals surface area contributed by atoms with Gasteiger partial charge in [-0.3, -0.25) is 0 Å². The zero-order valence-electron chi connectivity index (χ0n) is 6.24. The van der Waals surface area contributed by atoms with Gasteiger partial charge in [-0.25, -0.2) is 0 Å². The van der Waals surface area contributed by atoms with Gasteiger partial charge in [0.2, 0.25) is 0 Å². The molecule has 11 heavy (non-hydrogen) atoms. The smallest absolute Gasteiger partial charge is 0.0740 e. The van der Waals surface area contributed by atoms with E-state index in [9.17, 15) is 0 Å². The van der Waals surface area contributed by atoms with E-state index in [4.69, 9.17) is 0 Å². The predicted octanol–water partition coefficient (Wildman–Crippen LogP) is 4.45. The lowest BCUT2D eigenvalue weighted by Gasteiger charge is -2.23. The molecular formula is C7H9Br4. The minimum atomic E-state index is -0.0521. The summed E-state index contributed by atoms with van der Waals surface area (Å²) < 4.78 is 0.189. The van der Waals surface area contributed by atoms with Crippen LogP contribution in [0.3, 0.4) is 0 Å². The Morgan fingerprint density at radius 2 is 1.73 bits per heavy atom. The molecule has 65 valence electrons. The highest BCUT2D eigenvalue weighted by atomic mass is 79.9. The van der Waals surface area contributed by atoms with E-state index in [2.05, 4.69) is 84.0 Å². The average Bonchev–Trinajstić information content (AvgIpc) is 2.40. The minimum absolute atomic E-state index is 0.0521. The lowest BCUT2D eigenvalue weighted by Crippen LogP contribution is -2.24. The Kier molecular flexibility index (Phi) is 3.25. The molecule has 1 atom stereocenters. The van der Waals surface area contributed by atoms with E-state index >= 15 is 0 Å². The first-order valence-corrected chi connectivity index (χ1v) is 6.72. The Balaban J connectivity index is 2.62. The average molecular weight is 413 g/mol. The number of hydrogen-bond donors (Lipinski definition) is 0. The highest BCUT2D eigenvalue weighted by Crippen LogP contribution is 2.64. The Bertz CT molecular complexity index is 162. The molecule has 1 rings (SSSR count). The summed E-state index contributed by atoms with van der Waals surface area (Å²) in [5.74, 6) is 0.568. The van der Waals surface area contributed by atoms with Crippen LogP contribution in [0.5, 0.6) is 0 Å². The first-order chi connectivity index (χ1) is 4.78. The van der Waals surface area contributed by atoms with Crippen molar-refractivity contribution in [3.05, 3.63) is 6.42 Å². The third-order valence-electron chi connectivity index (χ3n) is 1.99. The second-order valence-electron chi connectivity index (χ2n) is 3.44. The summed E-state index contributed by atoms with van der Waals surface area (Å²) >= 11 is 14.3. The summed E-state index contributed by atoms with van der Waals surface area (Å²) in [7, 11) is 0. The van der Waals surface area contributed by atoms with Crippen molar-refractivity contribution in [1.29, 1.82) is 0 Å². The van der Waals surface area contributed by atoms with E-state index in [1.54, 1.807) is 0 Å². The van der Waals surface area contributed by atoms with Crippen molar-refractivity contribution in [2.45, 2.75) is 20.8 Å². The van der Waals surface area contributed by atoms with Gasteiger partial charge in [0.25, 0.3) is 0 Å². The zero-order valence-corrected chi connectivity index (χ0v) is 12.6. The van der Waals surface area contributed by atoms with Gasteiger partial charge in [0.15, 0.2) is 0 Å². The van der Waals surface area contributed by atoms with Crippen LogP contribution in [0.4, 0.5) is 0 Å². The molecule has 0 aliphatic heterocycles. The van der Waals surface area contributed by atoms with Gasteiger partial charge in [-0.2, -0.15) is 0 Å². The van der Waals surface area contributed by atoms with Crippen molar-refractivity contribution >= 4 is 63.7 Å². The molecule has 0 aromatic rings. The lowest BCUT2D eigenvalue weighted by molar-refractivity contribution is 0.551. The molecule has 1 fully saturated rings. The molecule has 0 aromatic heterocycles. The molecule has 1 aliphatic rings. The zero-order chi connectivity index (χ0) is 8.86. The molecule has 0 N–H and O–H groups in total. The summed E-state index contributed by atoms with van der Waals surface area (Å²) in [6.45, 7) is 4.47. The molecule has 1 saturated carbocycles. The number of hydrogen-bond acceptors (Lipinski definition) is 0. The van der Waals surface area contributed by atoms with E-state index in [-0.39, 0.29) is 6.97 Å². The van der Waals surface area contributed by atoms with Crippen molar-refractivity contribution < 1.29 is 0 Å². The Hall–Kier alpha value is 1.92. The fourth-order valence-corrected chi connectivity index (χ4v) is 3.14. The number of halogens is 4. The van der Waals surface area contributed by atoms with Crippen LogP contribution in [0.15, 0.2) is 0 Å². The highest BCUT2D eigenvalue weighted by Gasteiger charge is 2.58. The molecule has 0 spiro atoms. The third-order valence-corrected chi connectivity index (χ3v) is 7.80. The molecule has 0 amide bonds. The molecule has 0 nitrogen and oxygen atoms in total. The summed E-state index contributed by atoms with van der Waals surface area (Å²) in [6.07, 6.45) is 2.33. The van der Waals surface area contributed by atoms with Crippen LogP contribution in [0.1, 0.15) is 13.8 Å². The van der Waals surface area contributed by atoms with Crippen LogP contribution in [0.25, 0.3) is 0 Å².